The van der Waals surface area contributed by atoms with Crippen LogP contribution in [-0.2, 0) is 9.59 Å². The molecule has 1 fully saturated rings. The zero-order valence-corrected chi connectivity index (χ0v) is 16.0. The van der Waals surface area contributed by atoms with E-state index < -0.39 is 18.4 Å². The van der Waals surface area contributed by atoms with Gasteiger partial charge in [0.2, 0.25) is 0 Å². The summed E-state index contributed by atoms with van der Waals surface area (Å²) in [6.07, 6.45) is 1.57. The number of thioether (sulfide) groups is 1. The first-order chi connectivity index (χ1) is 12.4. The van der Waals surface area contributed by atoms with Crippen molar-refractivity contribution in [1.82, 2.24) is 9.88 Å². The van der Waals surface area contributed by atoms with Gasteiger partial charge >= 0.3 is 5.97 Å². The molecule has 1 N–H and O–H groups in total. The van der Waals surface area contributed by atoms with Gasteiger partial charge in [0.15, 0.2) is 0 Å². The quantitative estimate of drug-likeness (QED) is 0.460. The lowest BCUT2D eigenvalue weighted by Gasteiger charge is -2.10. The molecule has 0 aliphatic carbocycles. The van der Waals surface area contributed by atoms with Crippen LogP contribution < -0.4 is 4.74 Å². The van der Waals surface area contributed by atoms with Gasteiger partial charge in [-0.15, -0.1) is 0 Å². The minimum Gasteiger partial charge on any atom is -0.494 e. The number of carbonyl (C=O) groups excluding carboxylic acids is 1. The summed E-state index contributed by atoms with van der Waals surface area (Å²) in [5, 5.41) is 9.95. The van der Waals surface area contributed by atoms with Crippen molar-refractivity contribution in [3.05, 3.63) is 39.9 Å². The Labute approximate surface area is 163 Å². The fourth-order valence-corrected chi connectivity index (χ4v) is 3.86. The van der Waals surface area contributed by atoms with Crippen molar-refractivity contribution < 1.29 is 19.4 Å². The largest absolute Gasteiger partial charge is 0.494 e. The van der Waals surface area contributed by atoms with Gasteiger partial charge in [-0.1, -0.05) is 35.6 Å². The highest BCUT2D eigenvalue weighted by molar-refractivity contribution is 8.26. The number of aliphatic carboxylic acids is 1. The number of aromatic nitrogens is 1. The van der Waals surface area contributed by atoms with E-state index in [-0.39, 0.29) is 9.47 Å². The number of thiocarbonyl (C=S) groups is 1. The number of carboxylic acids is 1. The highest BCUT2D eigenvalue weighted by atomic mass is 35.5. The lowest BCUT2D eigenvalue weighted by atomic mass is 10.1. The molecule has 3 rings (SSSR count). The van der Waals surface area contributed by atoms with Crippen LogP contribution >= 0.6 is 35.6 Å². The van der Waals surface area contributed by atoms with E-state index in [4.69, 9.17) is 33.7 Å². The molecular weight excluding hydrogens is 396 g/mol. The molecule has 0 unspecified atom stereocenters. The predicted molar refractivity (Wildman–Crippen MR) is 105 cm³/mol. The number of ether oxygens (including phenoxy) is 1. The summed E-state index contributed by atoms with van der Waals surface area (Å²) in [6, 6.07) is 7.26. The molecule has 1 aliphatic rings. The number of nitrogens with zero attached hydrogens (tertiary/aromatic N) is 2. The number of hydrogen-bond donors (Lipinski definition) is 1. The maximum absolute atomic E-state index is 12.4. The molecule has 2 heterocycles. The fraction of sp³-hybridized carbons (Fsp3) is 0.176. The van der Waals surface area contributed by atoms with Crippen molar-refractivity contribution in [1.29, 1.82) is 0 Å². The lowest BCUT2D eigenvalue weighted by molar-refractivity contribution is -0.140. The molecule has 6 nitrogen and oxygen atoms in total. The van der Waals surface area contributed by atoms with Crippen LogP contribution in [0.15, 0.2) is 29.2 Å². The first-order valence-corrected chi connectivity index (χ1v) is 9.19. The third-order valence-corrected chi connectivity index (χ3v) is 5.21. The molecule has 1 aromatic heterocycles. The van der Waals surface area contributed by atoms with Crippen LogP contribution in [-0.4, -0.2) is 44.3 Å². The number of halogens is 1. The Hall–Kier alpha value is -2.16. The van der Waals surface area contributed by atoms with Gasteiger partial charge in [-0.2, -0.15) is 0 Å². The lowest BCUT2D eigenvalue weighted by Crippen LogP contribution is -2.33. The highest BCUT2D eigenvalue weighted by Gasteiger charge is 2.33. The highest BCUT2D eigenvalue weighted by Crippen LogP contribution is 2.34. The van der Waals surface area contributed by atoms with Gasteiger partial charge < -0.3 is 9.84 Å². The van der Waals surface area contributed by atoms with Gasteiger partial charge in [-0.3, -0.25) is 14.5 Å². The van der Waals surface area contributed by atoms with Crippen LogP contribution in [0.1, 0.15) is 12.5 Å². The van der Waals surface area contributed by atoms with E-state index in [9.17, 15) is 9.59 Å². The molecule has 1 amide bonds. The summed E-state index contributed by atoms with van der Waals surface area (Å²) in [5.74, 6) is -0.874. The van der Waals surface area contributed by atoms with E-state index >= 15 is 0 Å². The first kappa shape index (κ1) is 18.6. The van der Waals surface area contributed by atoms with E-state index in [0.717, 1.165) is 22.0 Å². The van der Waals surface area contributed by atoms with E-state index in [0.29, 0.717) is 28.3 Å². The van der Waals surface area contributed by atoms with Crippen LogP contribution in [0.25, 0.3) is 17.0 Å². The zero-order valence-electron chi connectivity index (χ0n) is 13.6. The molecule has 1 aliphatic heterocycles. The SMILES string of the molecule is CCOc1ccc2nc(Cl)c(/C=C3\SC(=S)N(CC(=O)O)C3=O)cc2c1. The average Bonchev–Trinajstić information content (AvgIpc) is 2.83. The molecule has 26 heavy (non-hydrogen) atoms. The molecule has 0 radical (unpaired) electrons. The average molecular weight is 409 g/mol. The molecular formula is C17H13ClN2O4S2. The smallest absolute Gasteiger partial charge is 0.323 e. The fourth-order valence-electron chi connectivity index (χ4n) is 2.42. The number of amides is 1. The Morgan fingerprint density at radius 1 is 1.46 bits per heavy atom. The molecule has 0 atom stereocenters. The Morgan fingerprint density at radius 2 is 2.23 bits per heavy atom. The predicted octanol–water partition coefficient (Wildman–Crippen LogP) is 3.57. The van der Waals surface area contributed by atoms with Gasteiger partial charge in [0, 0.05) is 10.9 Å². The maximum Gasteiger partial charge on any atom is 0.323 e. The van der Waals surface area contributed by atoms with Crippen LogP contribution in [0.3, 0.4) is 0 Å². The molecule has 134 valence electrons. The number of rotatable bonds is 5. The topological polar surface area (TPSA) is 79.7 Å². The second kappa shape index (κ2) is 7.61. The summed E-state index contributed by atoms with van der Waals surface area (Å²) in [4.78, 5) is 28.9. The van der Waals surface area contributed by atoms with Crippen molar-refractivity contribution in [2.75, 3.05) is 13.2 Å². The molecule has 0 spiro atoms. The Bertz CT molecular complexity index is 961. The van der Waals surface area contributed by atoms with E-state index in [2.05, 4.69) is 4.98 Å². The Morgan fingerprint density at radius 3 is 2.92 bits per heavy atom. The molecule has 1 aromatic carbocycles. The van der Waals surface area contributed by atoms with Crippen molar-refractivity contribution >= 4 is 68.8 Å². The number of hydrogen-bond acceptors (Lipinski definition) is 6. The van der Waals surface area contributed by atoms with Crippen LogP contribution in [0, 0.1) is 0 Å². The van der Waals surface area contributed by atoms with E-state index in [1.165, 1.54) is 0 Å². The molecule has 0 saturated carbocycles. The standard InChI is InChI=1S/C17H13ClN2O4S2/c1-2-24-11-3-4-12-9(6-11)5-10(15(18)19-12)7-13-16(23)20(8-14(21)22)17(25)26-13/h3-7H,2,8H2,1H3,(H,21,22)/b13-7-. The van der Waals surface area contributed by atoms with Crippen molar-refractivity contribution in [2.24, 2.45) is 0 Å². The summed E-state index contributed by atoms with van der Waals surface area (Å²) < 4.78 is 5.69. The summed E-state index contributed by atoms with van der Waals surface area (Å²) in [6.45, 7) is 1.98. The van der Waals surface area contributed by atoms with Crippen LogP contribution in [0.5, 0.6) is 5.75 Å². The third kappa shape index (κ3) is 3.82. The minimum absolute atomic E-state index is 0.201. The monoisotopic (exact) mass is 408 g/mol. The second-order valence-corrected chi connectivity index (χ2v) is 7.35. The second-order valence-electron chi connectivity index (χ2n) is 5.32. The minimum atomic E-state index is -1.13. The van der Waals surface area contributed by atoms with Gasteiger partial charge in [-0.25, -0.2) is 4.98 Å². The summed E-state index contributed by atoms with van der Waals surface area (Å²) in [5.41, 5.74) is 1.25. The Balaban J connectivity index is 1.98. The van der Waals surface area contributed by atoms with Crippen molar-refractivity contribution in [3.8, 4) is 5.75 Å². The Kier molecular flexibility index (Phi) is 5.45. The summed E-state index contributed by atoms with van der Waals surface area (Å²) >= 11 is 12.4. The molecule has 1 saturated heterocycles. The normalized spacial score (nSPS) is 15.9. The number of carboxylic acid groups (broad SMARTS) is 1. The first-order valence-electron chi connectivity index (χ1n) is 7.59. The van der Waals surface area contributed by atoms with Crippen LogP contribution in [0.4, 0.5) is 0 Å². The van der Waals surface area contributed by atoms with Gasteiger partial charge in [0.1, 0.15) is 21.8 Å². The van der Waals surface area contributed by atoms with Gasteiger partial charge in [0.25, 0.3) is 5.91 Å². The maximum atomic E-state index is 12.4. The molecule has 9 heteroatoms. The van der Waals surface area contributed by atoms with Gasteiger partial charge in [0.05, 0.1) is 17.0 Å². The zero-order chi connectivity index (χ0) is 18.8. The van der Waals surface area contributed by atoms with Crippen molar-refractivity contribution in [3.63, 3.8) is 0 Å². The summed E-state index contributed by atoms with van der Waals surface area (Å²) in [7, 11) is 0. The number of fused-ring (bicyclic) bond motifs is 1. The molecule has 2 aromatic rings. The number of pyridine rings is 1. The number of benzene rings is 1. The van der Waals surface area contributed by atoms with Gasteiger partial charge in [-0.05, 0) is 37.3 Å². The number of carbonyl (C=O) groups is 2. The van der Waals surface area contributed by atoms with E-state index in [1.54, 1.807) is 12.1 Å². The van der Waals surface area contributed by atoms with E-state index in [1.807, 2.05) is 25.1 Å². The molecule has 0 bridgehead atoms. The third-order valence-electron chi connectivity index (χ3n) is 3.53. The van der Waals surface area contributed by atoms with Crippen LogP contribution in [0.2, 0.25) is 5.15 Å². The van der Waals surface area contributed by atoms with Crippen molar-refractivity contribution in [2.45, 2.75) is 6.92 Å².